The fourth-order valence-corrected chi connectivity index (χ4v) is 1.85. The van der Waals surface area contributed by atoms with Gasteiger partial charge < -0.3 is 11.1 Å². The van der Waals surface area contributed by atoms with E-state index in [1.54, 1.807) is 0 Å². The van der Waals surface area contributed by atoms with E-state index in [2.05, 4.69) is 5.32 Å². The number of rotatable bonds is 3. The third kappa shape index (κ3) is 3.26. The van der Waals surface area contributed by atoms with Crippen LogP contribution in [0.15, 0.2) is 36.4 Å². The Morgan fingerprint density at radius 2 is 2.00 bits per heavy atom. The van der Waals surface area contributed by atoms with Gasteiger partial charge in [-0.15, -0.1) is 0 Å². The van der Waals surface area contributed by atoms with E-state index in [4.69, 9.17) is 17.3 Å². The minimum Gasteiger partial charge on any atom is -0.399 e. The Labute approximate surface area is 123 Å². The van der Waals surface area contributed by atoms with Crippen molar-refractivity contribution in [3.05, 3.63) is 62.9 Å². The lowest BCUT2D eigenvalue weighted by Gasteiger charge is -2.07. The number of amides is 1. The second-order valence-corrected chi connectivity index (χ2v) is 4.52. The Hall–Kier alpha value is -2.67. The molecule has 2 rings (SSSR count). The second kappa shape index (κ2) is 5.76. The van der Waals surface area contributed by atoms with Crippen LogP contribution >= 0.6 is 11.6 Å². The van der Waals surface area contributed by atoms with E-state index in [0.717, 1.165) is 12.1 Å². The van der Waals surface area contributed by atoms with Gasteiger partial charge in [0.25, 0.3) is 11.6 Å². The Balaban J connectivity index is 2.34. The molecule has 0 bridgehead atoms. The van der Waals surface area contributed by atoms with Crippen molar-refractivity contribution in [1.82, 2.24) is 0 Å². The molecule has 21 heavy (non-hydrogen) atoms. The Bertz CT molecular complexity index is 737. The number of benzene rings is 2. The molecule has 0 saturated carbocycles. The van der Waals surface area contributed by atoms with Crippen LogP contribution in [0, 0.1) is 15.9 Å². The fraction of sp³-hybridized carbons (Fsp3) is 0. The maximum absolute atomic E-state index is 13.0. The number of nitro benzene ring substituents is 1. The Morgan fingerprint density at radius 3 is 2.62 bits per heavy atom. The maximum atomic E-state index is 13.0. The summed E-state index contributed by atoms with van der Waals surface area (Å²) >= 11 is 5.60. The second-order valence-electron chi connectivity index (χ2n) is 4.12. The monoisotopic (exact) mass is 309 g/mol. The molecule has 2 aromatic carbocycles. The van der Waals surface area contributed by atoms with Gasteiger partial charge in [-0.2, -0.15) is 0 Å². The quantitative estimate of drug-likeness (QED) is 0.516. The van der Waals surface area contributed by atoms with Crippen molar-refractivity contribution >= 4 is 34.6 Å². The SMILES string of the molecule is Nc1ccc([N+](=O)[O-])c(C(=O)Nc2ccc(F)c(Cl)c2)c1. The average molecular weight is 310 g/mol. The first-order chi connectivity index (χ1) is 9.88. The number of halogens is 2. The first-order valence-corrected chi connectivity index (χ1v) is 6.06. The zero-order valence-corrected chi connectivity index (χ0v) is 11.2. The molecule has 0 spiro atoms. The van der Waals surface area contributed by atoms with Crippen molar-refractivity contribution in [3.8, 4) is 0 Å². The zero-order chi connectivity index (χ0) is 15.6. The molecule has 6 nitrogen and oxygen atoms in total. The summed E-state index contributed by atoms with van der Waals surface area (Å²) in [6.45, 7) is 0. The molecule has 1 amide bonds. The summed E-state index contributed by atoms with van der Waals surface area (Å²) in [6, 6.07) is 7.22. The number of nitrogen functional groups attached to an aromatic ring is 1. The molecule has 0 unspecified atom stereocenters. The zero-order valence-electron chi connectivity index (χ0n) is 10.5. The van der Waals surface area contributed by atoms with Crippen LogP contribution in [0.1, 0.15) is 10.4 Å². The summed E-state index contributed by atoms with van der Waals surface area (Å²) in [5.74, 6) is -1.37. The summed E-state index contributed by atoms with van der Waals surface area (Å²) in [4.78, 5) is 22.3. The molecule has 2 aromatic rings. The highest BCUT2D eigenvalue weighted by atomic mass is 35.5. The van der Waals surface area contributed by atoms with Crippen LogP contribution in [0.3, 0.4) is 0 Å². The molecular weight excluding hydrogens is 301 g/mol. The topological polar surface area (TPSA) is 98.3 Å². The number of nitro groups is 1. The van der Waals surface area contributed by atoms with Crippen LogP contribution in [-0.4, -0.2) is 10.8 Å². The number of anilines is 2. The minimum atomic E-state index is -0.739. The molecule has 3 N–H and O–H groups in total. The fourth-order valence-electron chi connectivity index (χ4n) is 1.67. The van der Waals surface area contributed by atoms with E-state index >= 15 is 0 Å². The summed E-state index contributed by atoms with van der Waals surface area (Å²) in [6.07, 6.45) is 0. The average Bonchev–Trinajstić information content (AvgIpc) is 2.42. The highest BCUT2D eigenvalue weighted by Crippen LogP contribution is 2.24. The molecule has 0 fully saturated rings. The van der Waals surface area contributed by atoms with Crippen molar-refractivity contribution in [2.75, 3.05) is 11.1 Å². The van der Waals surface area contributed by atoms with Crippen molar-refractivity contribution in [1.29, 1.82) is 0 Å². The standard InChI is InChI=1S/C13H9ClFN3O3/c14-10-6-8(2-3-11(10)15)17-13(19)9-5-7(16)1-4-12(9)18(20)21/h1-6H,16H2,(H,17,19). The molecule has 0 aromatic heterocycles. The smallest absolute Gasteiger partial charge is 0.282 e. The van der Waals surface area contributed by atoms with Crippen LogP contribution in [0.25, 0.3) is 0 Å². The predicted octanol–water partition coefficient (Wildman–Crippen LogP) is 3.22. The van der Waals surface area contributed by atoms with Gasteiger partial charge in [-0.25, -0.2) is 4.39 Å². The van der Waals surface area contributed by atoms with Crippen molar-refractivity contribution in [2.24, 2.45) is 0 Å². The van der Waals surface area contributed by atoms with E-state index in [1.807, 2.05) is 0 Å². The van der Waals surface area contributed by atoms with Gasteiger partial charge in [-0.05, 0) is 30.3 Å². The van der Waals surface area contributed by atoms with Crippen LogP contribution in [0.4, 0.5) is 21.5 Å². The largest absolute Gasteiger partial charge is 0.399 e. The van der Waals surface area contributed by atoms with E-state index < -0.39 is 16.6 Å². The molecule has 0 aliphatic carbocycles. The van der Waals surface area contributed by atoms with E-state index in [9.17, 15) is 19.3 Å². The molecule has 0 radical (unpaired) electrons. The van der Waals surface area contributed by atoms with E-state index in [0.29, 0.717) is 0 Å². The number of nitrogens with one attached hydrogen (secondary N) is 1. The third-order valence-corrected chi connectivity index (χ3v) is 2.93. The van der Waals surface area contributed by atoms with Gasteiger partial charge in [0.1, 0.15) is 11.4 Å². The molecule has 0 saturated heterocycles. The normalized spacial score (nSPS) is 10.2. The Morgan fingerprint density at radius 1 is 1.29 bits per heavy atom. The van der Waals surface area contributed by atoms with E-state index in [-0.39, 0.29) is 27.6 Å². The first-order valence-electron chi connectivity index (χ1n) is 5.69. The molecule has 108 valence electrons. The highest BCUT2D eigenvalue weighted by molar-refractivity contribution is 6.31. The summed E-state index contributed by atoms with van der Waals surface area (Å²) in [5.41, 5.74) is 5.38. The van der Waals surface area contributed by atoms with Gasteiger partial charge in [0.2, 0.25) is 0 Å². The van der Waals surface area contributed by atoms with Crippen LogP contribution in [0.5, 0.6) is 0 Å². The molecule has 8 heteroatoms. The summed E-state index contributed by atoms with van der Waals surface area (Å²) in [5, 5.41) is 13.1. The van der Waals surface area contributed by atoms with E-state index in [1.165, 1.54) is 24.3 Å². The molecule has 0 aliphatic rings. The predicted molar refractivity (Wildman–Crippen MR) is 76.9 cm³/mol. The molecular formula is C13H9ClFN3O3. The number of carbonyl (C=O) groups excluding carboxylic acids is 1. The van der Waals surface area contributed by atoms with Crippen molar-refractivity contribution in [2.45, 2.75) is 0 Å². The van der Waals surface area contributed by atoms with Gasteiger partial charge >= 0.3 is 0 Å². The lowest BCUT2D eigenvalue weighted by atomic mass is 10.1. The summed E-state index contributed by atoms with van der Waals surface area (Å²) < 4.78 is 13.0. The van der Waals surface area contributed by atoms with Gasteiger partial charge in [0.05, 0.1) is 9.95 Å². The number of hydrogen-bond acceptors (Lipinski definition) is 4. The number of carbonyl (C=O) groups is 1. The molecule has 0 atom stereocenters. The van der Waals surface area contributed by atoms with Crippen molar-refractivity contribution < 1.29 is 14.1 Å². The minimum absolute atomic E-state index is 0.171. The first kappa shape index (κ1) is 14.7. The van der Waals surface area contributed by atoms with Gasteiger partial charge in [-0.3, -0.25) is 14.9 Å². The maximum Gasteiger partial charge on any atom is 0.282 e. The van der Waals surface area contributed by atoms with Crippen LogP contribution in [0.2, 0.25) is 5.02 Å². The van der Waals surface area contributed by atoms with Crippen molar-refractivity contribution in [3.63, 3.8) is 0 Å². The van der Waals surface area contributed by atoms with Crippen LogP contribution < -0.4 is 11.1 Å². The third-order valence-electron chi connectivity index (χ3n) is 2.64. The lowest BCUT2D eigenvalue weighted by Crippen LogP contribution is -2.14. The summed E-state index contributed by atoms with van der Waals surface area (Å²) in [7, 11) is 0. The van der Waals surface area contributed by atoms with Gasteiger partial charge in [0, 0.05) is 17.4 Å². The molecule has 0 aliphatic heterocycles. The number of nitrogens with two attached hydrogens (primary N) is 1. The number of hydrogen-bond donors (Lipinski definition) is 2. The Kier molecular flexibility index (Phi) is 4.04. The van der Waals surface area contributed by atoms with Gasteiger partial charge in [-0.1, -0.05) is 11.6 Å². The highest BCUT2D eigenvalue weighted by Gasteiger charge is 2.20. The van der Waals surface area contributed by atoms with Crippen LogP contribution in [-0.2, 0) is 0 Å². The number of nitrogens with zero attached hydrogens (tertiary/aromatic N) is 1. The lowest BCUT2D eigenvalue weighted by molar-refractivity contribution is -0.385. The van der Waals surface area contributed by atoms with Gasteiger partial charge in [0.15, 0.2) is 0 Å². The molecule has 0 heterocycles.